The van der Waals surface area contributed by atoms with Gasteiger partial charge >= 0.3 is 0 Å². The first kappa shape index (κ1) is 22.2. The molecule has 1 heterocycles. The molecule has 1 rings (SSSR count). The summed E-state index contributed by atoms with van der Waals surface area (Å²) in [4.78, 5) is 2.17. The Hall–Kier alpha value is -0.860. The highest BCUT2D eigenvalue weighted by molar-refractivity contribution is 7.12. The van der Waals surface area contributed by atoms with Gasteiger partial charge in [0.1, 0.15) is 13.2 Å². The van der Waals surface area contributed by atoms with Gasteiger partial charge in [0.25, 0.3) is 0 Å². The quantitative estimate of drug-likeness (QED) is 0.448. The normalized spacial score (nSPS) is 11.0. The average Bonchev–Trinajstić information content (AvgIpc) is 2.86. The van der Waals surface area contributed by atoms with Crippen molar-refractivity contribution in [1.82, 2.24) is 0 Å². The van der Waals surface area contributed by atoms with Gasteiger partial charge in [-0.1, -0.05) is 13.3 Å². The summed E-state index contributed by atoms with van der Waals surface area (Å²) in [5, 5.41) is 8.68. The number of ether oxygens (including phenoxy) is 5. The minimum atomic E-state index is 0.0224. The molecule has 0 atom stereocenters. The summed E-state index contributed by atoms with van der Waals surface area (Å²) in [7, 11) is 0. The van der Waals surface area contributed by atoms with Gasteiger partial charge in [0.15, 0.2) is 11.5 Å². The van der Waals surface area contributed by atoms with Gasteiger partial charge in [-0.25, -0.2) is 0 Å². The Labute approximate surface area is 155 Å². The Morgan fingerprint density at radius 1 is 0.720 bits per heavy atom. The minimum Gasteiger partial charge on any atom is -0.486 e. The summed E-state index contributed by atoms with van der Waals surface area (Å²) >= 11 is 1.65. The second-order valence-electron chi connectivity index (χ2n) is 5.48. The van der Waals surface area contributed by atoms with Gasteiger partial charge in [0.05, 0.1) is 39.6 Å². The van der Waals surface area contributed by atoms with Gasteiger partial charge in [0.2, 0.25) is 0 Å². The number of unbranched alkanes of at least 4 members (excludes halogenated alkanes) is 1. The third kappa shape index (κ3) is 9.42. The monoisotopic (exact) mass is 376 g/mol. The van der Waals surface area contributed by atoms with Gasteiger partial charge in [-0.2, -0.15) is 0 Å². The van der Waals surface area contributed by atoms with E-state index in [-0.39, 0.29) is 6.61 Å². The van der Waals surface area contributed by atoms with Crippen LogP contribution in [0.15, 0.2) is 0 Å². The van der Waals surface area contributed by atoms with Crippen molar-refractivity contribution in [2.75, 3.05) is 59.5 Å². The van der Waals surface area contributed by atoms with Gasteiger partial charge in [0, 0.05) is 16.4 Å². The zero-order valence-electron chi connectivity index (χ0n) is 15.7. The standard InChI is InChI=1S/C18H32O6S/c1-4-5-7-20-9-10-22-12-14-24-18-16(3)25-15(2)17(18)23-13-11-21-8-6-19/h19H,4-14H2,1-3H3. The molecule has 0 aliphatic heterocycles. The lowest BCUT2D eigenvalue weighted by Gasteiger charge is -2.11. The van der Waals surface area contributed by atoms with Crippen molar-refractivity contribution in [2.24, 2.45) is 0 Å². The predicted octanol–water partition coefficient (Wildman–Crippen LogP) is 2.96. The maximum absolute atomic E-state index is 8.68. The number of aliphatic hydroxyl groups excluding tert-OH is 1. The van der Waals surface area contributed by atoms with Gasteiger partial charge in [-0.15, -0.1) is 11.3 Å². The molecule has 1 aromatic heterocycles. The van der Waals surface area contributed by atoms with Crippen molar-refractivity contribution in [3.63, 3.8) is 0 Å². The van der Waals surface area contributed by atoms with Gasteiger partial charge < -0.3 is 28.8 Å². The lowest BCUT2D eigenvalue weighted by atomic mass is 10.4. The van der Waals surface area contributed by atoms with Crippen LogP contribution in [-0.2, 0) is 14.2 Å². The number of hydrogen-bond donors (Lipinski definition) is 1. The van der Waals surface area contributed by atoms with Crippen LogP contribution >= 0.6 is 11.3 Å². The Morgan fingerprint density at radius 2 is 1.20 bits per heavy atom. The molecule has 0 unspecified atom stereocenters. The molecule has 0 aromatic carbocycles. The van der Waals surface area contributed by atoms with Crippen LogP contribution in [0.3, 0.4) is 0 Å². The summed E-state index contributed by atoms with van der Waals surface area (Å²) in [5.41, 5.74) is 0. The van der Waals surface area contributed by atoms with E-state index < -0.39 is 0 Å². The van der Waals surface area contributed by atoms with E-state index >= 15 is 0 Å². The molecule has 0 fully saturated rings. The molecule has 0 bridgehead atoms. The maximum atomic E-state index is 8.68. The molecular weight excluding hydrogens is 344 g/mol. The van der Waals surface area contributed by atoms with Crippen LogP contribution in [-0.4, -0.2) is 64.6 Å². The molecule has 0 aliphatic rings. The Morgan fingerprint density at radius 3 is 1.72 bits per heavy atom. The fourth-order valence-electron chi connectivity index (χ4n) is 2.12. The molecule has 7 heteroatoms. The summed E-state index contributed by atoms with van der Waals surface area (Å²) in [5.74, 6) is 1.56. The third-order valence-corrected chi connectivity index (χ3v) is 4.33. The molecule has 0 amide bonds. The molecule has 146 valence electrons. The molecular formula is C18H32O6S. The number of aryl methyl sites for hydroxylation is 2. The topological polar surface area (TPSA) is 66.4 Å². The fraction of sp³-hybridized carbons (Fsp3) is 0.778. The van der Waals surface area contributed by atoms with Crippen LogP contribution in [0.2, 0.25) is 0 Å². The first-order valence-corrected chi connectivity index (χ1v) is 9.72. The molecule has 25 heavy (non-hydrogen) atoms. The fourth-order valence-corrected chi connectivity index (χ4v) is 3.06. The van der Waals surface area contributed by atoms with Crippen LogP contribution in [0.4, 0.5) is 0 Å². The zero-order valence-corrected chi connectivity index (χ0v) is 16.5. The third-order valence-electron chi connectivity index (χ3n) is 3.35. The van der Waals surface area contributed by atoms with E-state index in [9.17, 15) is 0 Å². The lowest BCUT2D eigenvalue weighted by molar-refractivity contribution is 0.0349. The Balaban J connectivity index is 2.23. The van der Waals surface area contributed by atoms with Crippen molar-refractivity contribution < 1.29 is 28.8 Å². The summed E-state index contributed by atoms with van der Waals surface area (Å²) in [6, 6.07) is 0. The van der Waals surface area contributed by atoms with Crippen molar-refractivity contribution in [1.29, 1.82) is 0 Å². The van der Waals surface area contributed by atoms with E-state index in [0.29, 0.717) is 46.2 Å². The van der Waals surface area contributed by atoms with E-state index in [1.54, 1.807) is 11.3 Å². The lowest BCUT2D eigenvalue weighted by Crippen LogP contribution is -2.12. The molecule has 1 N–H and O–H groups in total. The van der Waals surface area contributed by atoms with Gasteiger partial charge in [-0.3, -0.25) is 0 Å². The van der Waals surface area contributed by atoms with Gasteiger partial charge in [-0.05, 0) is 20.3 Å². The highest BCUT2D eigenvalue weighted by Crippen LogP contribution is 2.41. The summed E-state index contributed by atoms with van der Waals surface area (Å²) in [6.45, 7) is 10.4. The van der Waals surface area contributed by atoms with Crippen molar-refractivity contribution in [3.05, 3.63) is 9.75 Å². The van der Waals surface area contributed by atoms with Crippen LogP contribution in [0.5, 0.6) is 11.5 Å². The van der Waals surface area contributed by atoms with E-state index in [0.717, 1.165) is 40.7 Å². The molecule has 0 saturated carbocycles. The maximum Gasteiger partial charge on any atom is 0.175 e. The van der Waals surface area contributed by atoms with Crippen molar-refractivity contribution in [2.45, 2.75) is 33.6 Å². The van der Waals surface area contributed by atoms with E-state index in [1.165, 1.54) is 0 Å². The average molecular weight is 377 g/mol. The second kappa shape index (κ2) is 14.3. The molecule has 0 radical (unpaired) electrons. The largest absolute Gasteiger partial charge is 0.486 e. The van der Waals surface area contributed by atoms with Crippen molar-refractivity contribution in [3.8, 4) is 11.5 Å². The van der Waals surface area contributed by atoms with Crippen LogP contribution in [0, 0.1) is 13.8 Å². The molecule has 0 aliphatic carbocycles. The van der Waals surface area contributed by atoms with E-state index in [1.807, 2.05) is 13.8 Å². The molecule has 1 aromatic rings. The van der Waals surface area contributed by atoms with E-state index in [4.69, 9.17) is 28.8 Å². The molecule has 0 saturated heterocycles. The number of thiophene rings is 1. The summed E-state index contributed by atoms with van der Waals surface area (Å²) in [6.07, 6.45) is 2.24. The molecule has 0 spiro atoms. The van der Waals surface area contributed by atoms with Crippen molar-refractivity contribution >= 4 is 11.3 Å². The second-order valence-corrected chi connectivity index (χ2v) is 6.91. The highest BCUT2D eigenvalue weighted by atomic mass is 32.1. The number of hydrogen-bond acceptors (Lipinski definition) is 7. The minimum absolute atomic E-state index is 0.0224. The smallest absolute Gasteiger partial charge is 0.175 e. The highest BCUT2D eigenvalue weighted by Gasteiger charge is 2.16. The predicted molar refractivity (Wildman–Crippen MR) is 99.2 cm³/mol. The van der Waals surface area contributed by atoms with Crippen LogP contribution in [0.1, 0.15) is 29.5 Å². The van der Waals surface area contributed by atoms with Crippen LogP contribution in [0.25, 0.3) is 0 Å². The molecule has 6 nitrogen and oxygen atoms in total. The van der Waals surface area contributed by atoms with Crippen LogP contribution < -0.4 is 9.47 Å². The first-order chi connectivity index (χ1) is 12.2. The van der Waals surface area contributed by atoms with E-state index in [2.05, 4.69) is 6.92 Å². The Bertz CT molecular complexity index is 449. The first-order valence-electron chi connectivity index (χ1n) is 8.90. The zero-order chi connectivity index (χ0) is 18.3. The number of rotatable bonds is 16. The Kier molecular flexibility index (Phi) is 12.7. The summed E-state index contributed by atoms with van der Waals surface area (Å²) < 4.78 is 27.8. The number of aliphatic hydroxyl groups is 1. The SMILES string of the molecule is CCCCOCCOCCOc1c(C)sc(C)c1OCCOCCO.